The van der Waals surface area contributed by atoms with E-state index >= 15 is 0 Å². The molecule has 0 fully saturated rings. The van der Waals surface area contributed by atoms with Crippen molar-refractivity contribution in [1.29, 1.82) is 0 Å². The number of benzene rings is 2. The lowest BCUT2D eigenvalue weighted by Crippen LogP contribution is -2.16. The molecule has 0 spiro atoms. The fourth-order valence-corrected chi connectivity index (χ4v) is 2.61. The molecule has 25 heavy (non-hydrogen) atoms. The van der Waals surface area contributed by atoms with Crippen LogP contribution in [-0.2, 0) is 13.0 Å². The lowest BCUT2D eigenvalue weighted by molar-refractivity contribution is 0.494. The Morgan fingerprint density at radius 3 is 2.60 bits per heavy atom. The van der Waals surface area contributed by atoms with Gasteiger partial charge in [0.2, 0.25) is 0 Å². The second kappa shape index (κ2) is 7.81. The first kappa shape index (κ1) is 17.0. The standard InChI is InChI=1S/C21H21FN2O/c1-15(23)17-5-7-18(8-6-17)21-10-9-20(25-21)14-24-12-11-16-3-2-4-19(22)13-16/h2-10,13,24H,1,11-12,14,23H2. The summed E-state index contributed by atoms with van der Waals surface area (Å²) in [6.45, 7) is 5.11. The molecular formula is C21H21FN2O. The topological polar surface area (TPSA) is 51.2 Å². The molecule has 3 aromatic rings. The van der Waals surface area contributed by atoms with Crippen molar-refractivity contribution in [1.82, 2.24) is 5.32 Å². The quantitative estimate of drug-likeness (QED) is 0.631. The summed E-state index contributed by atoms with van der Waals surface area (Å²) in [4.78, 5) is 0. The Balaban J connectivity index is 1.52. The van der Waals surface area contributed by atoms with E-state index < -0.39 is 0 Å². The highest BCUT2D eigenvalue weighted by Gasteiger charge is 2.05. The Kier molecular flexibility index (Phi) is 5.31. The SMILES string of the molecule is C=C(N)c1ccc(-c2ccc(CNCCc3cccc(F)c3)o2)cc1. The molecule has 0 radical (unpaired) electrons. The average molecular weight is 336 g/mol. The van der Waals surface area contributed by atoms with Gasteiger partial charge in [0.1, 0.15) is 17.3 Å². The maximum absolute atomic E-state index is 13.1. The highest BCUT2D eigenvalue weighted by Crippen LogP contribution is 2.23. The molecule has 0 amide bonds. The van der Waals surface area contributed by atoms with E-state index in [-0.39, 0.29) is 5.82 Å². The minimum atomic E-state index is -0.197. The summed E-state index contributed by atoms with van der Waals surface area (Å²) in [5.41, 5.74) is 9.12. The zero-order valence-electron chi connectivity index (χ0n) is 14.0. The summed E-state index contributed by atoms with van der Waals surface area (Å²) in [7, 11) is 0. The third-order valence-corrected chi connectivity index (χ3v) is 3.98. The van der Waals surface area contributed by atoms with Gasteiger partial charge in [-0.3, -0.25) is 0 Å². The van der Waals surface area contributed by atoms with E-state index in [2.05, 4.69) is 11.9 Å². The first-order valence-corrected chi connectivity index (χ1v) is 8.21. The number of hydrogen-bond donors (Lipinski definition) is 2. The van der Waals surface area contributed by atoms with Crippen molar-refractivity contribution in [3.8, 4) is 11.3 Å². The molecule has 0 aliphatic carbocycles. The molecule has 3 N–H and O–H groups in total. The lowest BCUT2D eigenvalue weighted by Gasteiger charge is -2.04. The van der Waals surface area contributed by atoms with Gasteiger partial charge in [-0.25, -0.2) is 4.39 Å². The zero-order valence-corrected chi connectivity index (χ0v) is 14.0. The van der Waals surface area contributed by atoms with E-state index in [1.807, 2.05) is 42.5 Å². The molecule has 3 nitrogen and oxygen atoms in total. The van der Waals surface area contributed by atoms with Gasteiger partial charge >= 0.3 is 0 Å². The largest absolute Gasteiger partial charge is 0.460 e. The molecule has 0 aliphatic rings. The van der Waals surface area contributed by atoms with Crippen LogP contribution in [0.15, 0.2) is 71.7 Å². The maximum Gasteiger partial charge on any atom is 0.134 e. The van der Waals surface area contributed by atoms with Gasteiger partial charge in [-0.15, -0.1) is 0 Å². The summed E-state index contributed by atoms with van der Waals surface area (Å²) in [5.74, 6) is 1.48. The Bertz CT molecular complexity index is 852. The fraction of sp³-hybridized carbons (Fsp3) is 0.143. The second-order valence-electron chi connectivity index (χ2n) is 5.93. The highest BCUT2D eigenvalue weighted by molar-refractivity contribution is 5.65. The third-order valence-electron chi connectivity index (χ3n) is 3.98. The summed E-state index contributed by atoms with van der Waals surface area (Å²) in [5, 5.41) is 3.31. The van der Waals surface area contributed by atoms with Crippen LogP contribution >= 0.6 is 0 Å². The van der Waals surface area contributed by atoms with Crippen LogP contribution in [-0.4, -0.2) is 6.54 Å². The number of nitrogens with one attached hydrogen (secondary N) is 1. The Morgan fingerprint density at radius 1 is 1.08 bits per heavy atom. The van der Waals surface area contributed by atoms with Crippen molar-refractivity contribution in [3.05, 3.63) is 89.9 Å². The molecule has 0 saturated heterocycles. The van der Waals surface area contributed by atoms with E-state index in [4.69, 9.17) is 10.2 Å². The molecule has 0 saturated carbocycles. The van der Waals surface area contributed by atoms with Crippen LogP contribution in [0.5, 0.6) is 0 Å². The molecule has 0 unspecified atom stereocenters. The molecule has 0 atom stereocenters. The molecule has 3 rings (SSSR count). The van der Waals surface area contributed by atoms with E-state index in [1.165, 1.54) is 6.07 Å². The molecule has 2 aromatic carbocycles. The van der Waals surface area contributed by atoms with E-state index in [1.54, 1.807) is 12.1 Å². The van der Waals surface area contributed by atoms with Crippen LogP contribution < -0.4 is 11.1 Å². The van der Waals surface area contributed by atoms with Crippen molar-refractivity contribution in [2.24, 2.45) is 5.73 Å². The van der Waals surface area contributed by atoms with E-state index in [0.717, 1.165) is 41.2 Å². The summed E-state index contributed by atoms with van der Waals surface area (Å²) < 4.78 is 19.0. The predicted octanol–water partition coefficient (Wildman–Crippen LogP) is 4.35. The van der Waals surface area contributed by atoms with Gasteiger partial charge in [-0.2, -0.15) is 0 Å². The van der Waals surface area contributed by atoms with Crippen molar-refractivity contribution >= 4 is 5.70 Å². The first-order chi connectivity index (χ1) is 12.1. The van der Waals surface area contributed by atoms with Crippen molar-refractivity contribution < 1.29 is 8.81 Å². The summed E-state index contributed by atoms with van der Waals surface area (Å²) >= 11 is 0. The summed E-state index contributed by atoms with van der Waals surface area (Å²) in [6, 6.07) is 18.4. The van der Waals surface area contributed by atoms with Crippen molar-refractivity contribution in [2.45, 2.75) is 13.0 Å². The van der Waals surface area contributed by atoms with Gasteiger partial charge in [0.15, 0.2) is 0 Å². The van der Waals surface area contributed by atoms with E-state index in [0.29, 0.717) is 12.2 Å². The lowest BCUT2D eigenvalue weighted by atomic mass is 10.1. The van der Waals surface area contributed by atoms with Crippen molar-refractivity contribution in [3.63, 3.8) is 0 Å². The number of nitrogens with two attached hydrogens (primary N) is 1. The van der Waals surface area contributed by atoms with E-state index in [9.17, 15) is 4.39 Å². The van der Waals surface area contributed by atoms with Crippen LogP contribution in [0, 0.1) is 5.82 Å². The number of hydrogen-bond acceptors (Lipinski definition) is 3. The predicted molar refractivity (Wildman–Crippen MR) is 99.2 cm³/mol. The van der Waals surface area contributed by atoms with Crippen LogP contribution in [0.3, 0.4) is 0 Å². The molecule has 4 heteroatoms. The zero-order chi connectivity index (χ0) is 17.6. The maximum atomic E-state index is 13.1. The van der Waals surface area contributed by atoms with Gasteiger partial charge in [0.05, 0.1) is 6.54 Å². The van der Waals surface area contributed by atoms with Crippen molar-refractivity contribution in [2.75, 3.05) is 6.54 Å². The minimum Gasteiger partial charge on any atom is -0.460 e. The smallest absolute Gasteiger partial charge is 0.134 e. The minimum absolute atomic E-state index is 0.197. The molecule has 1 aromatic heterocycles. The Hall–Kier alpha value is -2.85. The van der Waals surface area contributed by atoms with Crippen LogP contribution in [0.4, 0.5) is 4.39 Å². The number of rotatable bonds is 7. The van der Waals surface area contributed by atoms with Crippen LogP contribution in [0.2, 0.25) is 0 Å². The number of halogens is 1. The molecule has 128 valence electrons. The van der Waals surface area contributed by atoms with Crippen LogP contribution in [0.25, 0.3) is 17.0 Å². The Labute approximate surface area is 147 Å². The average Bonchev–Trinajstić information content (AvgIpc) is 3.08. The first-order valence-electron chi connectivity index (χ1n) is 8.21. The van der Waals surface area contributed by atoms with Gasteiger partial charge in [0.25, 0.3) is 0 Å². The highest BCUT2D eigenvalue weighted by atomic mass is 19.1. The summed E-state index contributed by atoms with van der Waals surface area (Å²) in [6.07, 6.45) is 0.774. The molecular weight excluding hydrogens is 315 g/mol. The van der Waals surface area contributed by atoms with Gasteiger partial charge in [-0.05, 0) is 48.4 Å². The normalized spacial score (nSPS) is 10.8. The molecule has 1 heterocycles. The Morgan fingerprint density at radius 2 is 1.88 bits per heavy atom. The molecule has 0 bridgehead atoms. The third kappa shape index (κ3) is 4.58. The van der Waals surface area contributed by atoms with Gasteiger partial charge in [-0.1, -0.05) is 43.0 Å². The monoisotopic (exact) mass is 336 g/mol. The second-order valence-corrected chi connectivity index (χ2v) is 5.93. The number of furan rings is 1. The van der Waals surface area contributed by atoms with Gasteiger partial charge < -0.3 is 15.5 Å². The van der Waals surface area contributed by atoms with Crippen LogP contribution in [0.1, 0.15) is 16.9 Å². The molecule has 0 aliphatic heterocycles. The van der Waals surface area contributed by atoms with Gasteiger partial charge in [0, 0.05) is 11.3 Å². The fourth-order valence-electron chi connectivity index (χ4n) is 2.61.